The van der Waals surface area contributed by atoms with E-state index >= 15 is 0 Å². The second-order valence-corrected chi connectivity index (χ2v) is 11.8. The molecule has 0 bridgehead atoms. The van der Waals surface area contributed by atoms with Gasteiger partial charge in [-0.15, -0.1) is 23.4 Å². The predicted octanol–water partition coefficient (Wildman–Crippen LogP) is -0.00470. The predicted molar refractivity (Wildman–Crippen MR) is 143 cm³/mol. The topological polar surface area (TPSA) is 204 Å². The van der Waals surface area contributed by atoms with Crippen molar-refractivity contribution >= 4 is 63.7 Å². The molecule has 3 aliphatic rings. The van der Waals surface area contributed by atoms with E-state index in [1.54, 1.807) is 6.08 Å². The molecule has 206 valence electrons. The molecule has 18 heteroatoms. The third-order valence-electron chi connectivity index (χ3n) is 6.28. The molecule has 2 fully saturated rings. The number of aromatic nitrogens is 6. The van der Waals surface area contributed by atoms with E-state index in [1.165, 1.54) is 33.1 Å². The Morgan fingerprint density at radius 2 is 2.31 bits per heavy atom. The summed E-state index contributed by atoms with van der Waals surface area (Å²) in [6.45, 7) is 4.03. The van der Waals surface area contributed by atoms with E-state index in [0.29, 0.717) is 11.7 Å². The van der Waals surface area contributed by atoms with E-state index in [2.05, 4.69) is 41.9 Å². The molecular formula is C21H24N10O5S3. The normalized spacial score (nSPS) is 26.2. The number of amides is 2. The Hall–Kier alpha value is -3.51. The van der Waals surface area contributed by atoms with Crippen LogP contribution in [0.2, 0.25) is 0 Å². The minimum atomic E-state index is -1.22. The molecule has 0 aromatic carbocycles. The van der Waals surface area contributed by atoms with Crippen molar-refractivity contribution in [2.75, 3.05) is 23.8 Å². The fourth-order valence-electron chi connectivity index (χ4n) is 4.18. The second-order valence-electron chi connectivity index (χ2n) is 8.97. The molecule has 2 amide bonds. The summed E-state index contributed by atoms with van der Waals surface area (Å²) >= 11 is 3.40. The first-order valence-corrected chi connectivity index (χ1v) is 14.6. The Bertz CT molecular complexity index is 1350. The summed E-state index contributed by atoms with van der Waals surface area (Å²) in [5.74, 6) is -1.73. The van der Waals surface area contributed by atoms with Crippen LogP contribution in [0.4, 0.5) is 5.13 Å². The lowest BCUT2D eigenvalue weighted by Gasteiger charge is -2.53. The largest absolute Gasteiger partial charge is 0.481 e. The number of carbonyl (C=O) groups excluding carboxylic acids is 2. The number of oxime groups is 1. The number of nitrogen functional groups attached to an aromatic ring is 1. The van der Waals surface area contributed by atoms with E-state index in [4.69, 9.17) is 10.6 Å². The zero-order chi connectivity index (χ0) is 27.6. The number of fused-ring (bicyclic) bond motifs is 1. The summed E-state index contributed by atoms with van der Waals surface area (Å²) in [5.41, 5.74) is 4.27. The number of rotatable bonds is 11. The van der Waals surface area contributed by atoms with Crippen LogP contribution in [0.15, 0.2) is 35.1 Å². The van der Waals surface area contributed by atoms with Crippen molar-refractivity contribution < 1.29 is 24.3 Å². The molecular weight excluding hydrogens is 568 g/mol. The molecule has 4 N–H and O–H groups in total. The van der Waals surface area contributed by atoms with E-state index in [0.717, 1.165) is 24.4 Å². The standard InChI is InChI=1S/C21H24N10O5S3/c1-2-7-31-20(25-28-29-31)38-10-21(18(34)35)8-30-16(33)13(17(30)37-9-21)23-15(32)12(14-24-19(22)39-27-14)26-36-11-5-3-4-6-11/h2-3,5,11,13,17H,1,4,6-10H2,(H,23,32)(H,34,35)(H2,22,24,27)/t11?,13?,17-,21?/m1/s1. The number of tetrazole rings is 1. The maximum Gasteiger partial charge on any atom is 0.313 e. The fourth-order valence-corrected chi connectivity index (χ4v) is 7.37. The van der Waals surface area contributed by atoms with Crippen molar-refractivity contribution in [2.45, 2.75) is 42.1 Å². The minimum absolute atomic E-state index is 0.00221. The molecule has 2 saturated heterocycles. The smallest absolute Gasteiger partial charge is 0.313 e. The summed E-state index contributed by atoms with van der Waals surface area (Å²) in [4.78, 5) is 49.6. The van der Waals surface area contributed by atoms with Crippen LogP contribution >= 0.6 is 35.1 Å². The van der Waals surface area contributed by atoms with Gasteiger partial charge in [0.2, 0.25) is 22.6 Å². The van der Waals surface area contributed by atoms with Gasteiger partial charge in [-0.2, -0.15) is 9.36 Å². The van der Waals surface area contributed by atoms with Gasteiger partial charge in [-0.05, 0) is 29.3 Å². The fraction of sp³-hybridized carbons (Fsp3) is 0.476. The Morgan fingerprint density at radius 3 is 3.00 bits per heavy atom. The van der Waals surface area contributed by atoms with Gasteiger partial charge in [-0.1, -0.05) is 29.1 Å². The maximum absolute atomic E-state index is 13.2. The number of nitrogens with two attached hydrogens (primary N) is 1. The molecule has 0 spiro atoms. The van der Waals surface area contributed by atoms with Crippen LogP contribution in [-0.4, -0.2) is 98.6 Å². The van der Waals surface area contributed by atoms with Gasteiger partial charge in [0.25, 0.3) is 5.91 Å². The highest BCUT2D eigenvalue weighted by Crippen LogP contribution is 2.44. The number of thioether (sulfide) groups is 2. The summed E-state index contributed by atoms with van der Waals surface area (Å²) in [6, 6.07) is -0.866. The number of carboxylic acid groups (broad SMARTS) is 1. The number of β-lactam (4-membered cyclic amide) rings is 1. The van der Waals surface area contributed by atoms with Gasteiger partial charge in [-0.3, -0.25) is 14.4 Å². The van der Waals surface area contributed by atoms with Gasteiger partial charge in [0.1, 0.15) is 22.9 Å². The lowest BCUT2D eigenvalue weighted by molar-refractivity contribution is -0.157. The molecule has 5 rings (SSSR count). The molecule has 2 aromatic rings. The highest BCUT2D eigenvalue weighted by molar-refractivity contribution is 8.00. The quantitative estimate of drug-likeness (QED) is 0.103. The molecule has 1 aliphatic carbocycles. The first-order valence-electron chi connectivity index (χ1n) is 11.8. The Labute approximate surface area is 234 Å². The van der Waals surface area contributed by atoms with Gasteiger partial charge in [0.15, 0.2) is 5.13 Å². The second kappa shape index (κ2) is 11.3. The zero-order valence-electron chi connectivity index (χ0n) is 20.4. The summed E-state index contributed by atoms with van der Waals surface area (Å²) < 4.78 is 5.58. The molecule has 0 saturated carbocycles. The monoisotopic (exact) mass is 592 g/mol. The first-order chi connectivity index (χ1) is 18.8. The third kappa shape index (κ3) is 5.48. The van der Waals surface area contributed by atoms with Crippen LogP contribution in [-0.2, 0) is 25.8 Å². The van der Waals surface area contributed by atoms with Crippen molar-refractivity contribution in [3.05, 3.63) is 30.6 Å². The number of hydrogen-bond donors (Lipinski definition) is 3. The minimum Gasteiger partial charge on any atom is -0.481 e. The van der Waals surface area contributed by atoms with Gasteiger partial charge in [0, 0.05) is 29.6 Å². The maximum atomic E-state index is 13.2. The summed E-state index contributed by atoms with van der Waals surface area (Å²) in [6.07, 6.45) is 6.74. The molecule has 2 aliphatic heterocycles. The Morgan fingerprint density at radius 1 is 1.46 bits per heavy atom. The van der Waals surface area contributed by atoms with E-state index < -0.39 is 34.6 Å². The number of hydrogen-bond acceptors (Lipinski definition) is 14. The SMILES string of the molecule is C=CCn1nnnc1SCC1(C(=O)O)CS[C@@H]2C(NC(=O)C(=NOC3C=CCC3)c3nsc(N)n3)C(=O)N2C1. The average Bonchev–Trinajstić information content (AvgIpc) is 3.69. The van der Waals surface area contributed by atoms with E-state index in [9.17, 15) is 19.5 Å². The van der Waals surface area contributed by atoms with E-state index in [-0.39, 0.29) is 40.8 Å². The highest BCUT2D eigenvalue weighted by Gasteiger charge is 2.57. The number of nitrogens with one attached hydrogen (secondary N) is 1. The average molecular weight is 593 g/mol. The number of allylic oxidation sites excluding steroid dienone is 2. The van der Waals surface area contributed by atoms with Crippen LogP contribution < -0.4 is 11.1 Å². The van der Waals surface area contributed by atoms with Gasteiger partial charge in [-0.25, -0.2) is 4.68 Å². The van der Waals surface area contributed by atoms with Crippen molar-refractivity contribution in [1.29, 1.82) is 0 Å². The number of aliphatic carboxylic acids is 1. The van der Waals surface area contributed by atoms with Crippen LogP contribution in [0.3, 0.4) is 0 Å². The Balaban J connectivity index is 1.25. The summed E-state index contributed by atoms with van der Waals surface area (Å²) in [5, 5.41) is 28.4. The lowest BCUT2D eigenvalue weighted by Crippen LogP contribution is -2.74. The first kappa shape index (κ1) is 27.1. The van der Waals surface area contributed by atoms with Crippen molar-refractivity contribution in [3.63, 3.8) is 0 Å². The molecule has 4 heterocycles. The summed E-state index contributed by atoms with van der Waals surface area (Å²) in [7, 11) is 0. The van der Waals surface area contributed by atoms with Gasteiger partial charge in [0.05, 0.1) is 6.54 Å². The number of carboxylic acids is 1. The van der Waals surface area contributed by atoms with Crippen molar-refractivity contribution in [1.82, 2.24) is 39.8 Å². The third-order valence-corrected chi connectivity index (χ3v) is 9.66. The van der Waals surface area contributed by atoms with Crippen molar-refractivity contribution in [2.24, 2.45) is 10.6 Å². The van der Waals surface area contributed by atoms with Gasteiger partial charge >= 0.3 is 5.97 Å². The molecule has 0 radical (unpaired) electrons. The zero-order valence-corrected chi connectivity index (χ0v) is 22.8. The van der Waals surface area contributed by atoms with Crippen LogP contribution in [0.25, 0.3) is 0 Å². The van der Waals surface area contributed by atoms with Crippen LogP contribution in [0.5, 0.6) is 0 Å². The van der Waals surface area contributed by atoms with Crippen LogP contribution in [0.1, 0.15) is 18.7 Å². The molecule has 2 aromatic heterocycles. The number of carbonyl (C=O) groups is 3. The number of anilines is 1. The van der Waals surface area contributed by atoms with Crippen LogP contribution in [0, 0.1) is 5.41 Å². The van der Waals surface area contributed by atoms with Gasteiger partial charge < -0.3 is 25.9 Å². The van der Waals surface area contributed by atoms with E-state index in [1.807, 2.05) is 12.2 Å². The molecule has 15 nitrogen and oxygen atoms in total. The van der Waals surface area contributed by atoms with Crippen molar-refractivity contribution in [3.8, 4) is 0 Å². The molecule has 39 heavy (non-hydrogen) atoms. The Kier molecular flexibility index (Phi) is 7.85. The molecule has 3 unspecified atom stereocenters. The number of nitrogens with zero attached hydrogens (tertiary/aromatic N) is 8. The lowest BCUT2D eigenvalue weighted by atomic mass is 9.89. The highest BCUT2D eigenvalue weighted by atomic mass is 32.2. The molecule has 4 atom stereocenters.